The Labute approximate surface area is 106 Å². The first-order valence-electron chi connectivity index (χ1n) is 5.26. The third kappa shape index (κ3) is 3.31. The van der Waals surface area contributed by atoms with E-state index in [0.717, 1.165) is 6.07 Å². The summed E-state index contributed by atoms with van der Waals surface area (Å²) in [6, 6.07) is 9.42. The summed E-state index contributed by atoms with van der Waals surface area (Å²) in [5.74, 6) is 0.0642. The highest BCUT2D eigenvalue weighted by molar-refractivity contribution is 5.75. The average molecular weight is 267 g/mol. The Bertz CT molecular complexity index is 596. The Morgan fingerprint density at radius 1 is 1.11 bits per heavy atom. The zero-order chi connectivity index (χ0) is 13.9. The van der Waals surface area contributed by atoms with Crippen LogP contribution in [-0.2, 0) is 6.18 Å². The van der Waals surface area contributed by atoms with Gasteiger partial charge in [0.2, 0.25) is 5.88 Å². The number of hydrogen-bond donors (Lipinski definition) is 0. The van der Waals surface area contributed by atoms with E-state index >= 15 is 0 Å². The van der Waals surface area contributed by atoms with E-state index in [1.165, 1.54) is 24.3 Å². The van der Waals surface area contributed by atoms with Crippen LogP contribution in [0.1, 0.15) is 16.1 Å². The van der Waals surface area contributed by atoms with Gasteiger partial charge in [-0.2, -0.15) is 13.2 Å². The first-order chi connectivity index (χ1) is 8.99. The first-order valence-corrected chi connectivity index (χ1v) is 5.26. The molecule has 98 valence electrons. The summed E-state index contributed by atoms with van der Waals surface area (Å²) >= 11 is 0. The Morgan fingerprint density at radius 3 is 2.53 bits per heavy atom. The molecule has 2 aromatic rings. The van der Waals surface area contributed by atoms with Gasteiger partial charge in [-0.15, -0.1) is 0 Å². The van der Waals surface area contributed by atoms with Gasteiger partial charge in [0, 0.05) is 11.6 Å². The predicted octanol–water partition coefficient (Wildman–Crippen LogP) is 3.71. The number of aromatic nitrogens is 1. The molecule has 0 aliphatic heterocycles. The number of carbonyl (C=O) groups is 1. The molecule has 6 heteroatoms. The maximum absolute atomic E-state index is 12.5. The minimum Gasteiger partial charge on any atom is -0.439 e. The molecule has 1 heterocycles. The van der Waals surface area contributed by atoms with Crippen LogP contribution in [0.5, 0.6) is 11.6 Å². The quantitative estimate of drug-likeness (QED) is 0.796. The molecule has 0 bridgehead atoms. The highest BCUT2D eigenvalue weighted by Crippen LogP contribution is 2.29. The summed E-state index contributed by atoms with van der Waals surface area (Å²) in [7, 11) is 0. The minimum absolute atomic E-state index is 0.183. The standard InChI is InChI=1S/C13H8F3NO2/c14-13(15,16)11-5-2-6-12(17-11)19-10-4-1-3-9(7-10)8-18/h1-8H. The fourth-order valence-corrected chi connectivity index (χ4v) is 1.40. The molecule has 0 N–H and O–H groups in total. The van der Waals surface area contributed by atoms with E-state index in [0.29, 0.717) is 11.8 Å². The summed E-state index contributed by atoms with van der Waals surface area (Å²) in [4.78, 5) is 13.9. The van der Waals surface area contributed by atoms with Gasteiger partial charge >= 0.3 is 6.18 Å². The molecule has 0 saturated carbocycles. The van der Waals surface area contributed by atoms with E-state index in [4.69, 9.17) is 4.74 Å². The summed E-state index contributed by atoms with van der Waals surface area (Å²) < 4.78 is 42.6. The lowest BCUT2D eigenvalue weighted by Gasteiger charge is -2.08. The molecule has 1 aromatic carbocycles. The summed E-state index contributed by atoms with van der Waals surface area (Å²) in [6.07, 6.45) is -3.91. The van der Waals surface area contributed by atoms with Crippen LogP contribution in [0.4, 0.5) is 13.2 Å². The molecular weight excluding hydrogens is 259 g/mol. The minimum atomic E-state index is -4.52. The normalized spacial score (nSPS) is 11.1. The zero-order valence-electron chi connectivity index (χ0n) is 9.52. The van der Waals surface area contributed by atoms with E-state index in [9.17, 15) is 18.0 Å². The molecule has 0 spiro atoms. The lowest BCUT2D eigenvalue weighted by Crippen LogP contribution is -2.07. The van der Waals surface area contributed by atoms with Crippen molar-refractivity contribution in [1.29, 1.82) is 0 Å². The van der Waals surface area contributed by atoms with E-state index in [-0.39, 0.29) is 11.6 Å². The van der Waals surface area contributed by atoms with Crippen molar-refractivity contribution in [2.45, 2.75) is 6.18 Å². The summed E-state index contributed by atoms with van der Waals surface area (Å²) in [5, 5.41) is 0. The van der Waals surface area contributed by atoms with Crippen LogP contribution in [0.2, 0.25) is 0 Å². The van der Waals surface area contributed by atoms with Gasteiger partial charge < -0.3 is 4.74 Å². The van der Waals surface area contributed by atoms with Crippen LogP contribution in [0.3, 0.4) is 0 Å². The zero-order valence-corrected chi connectivity index (χ0v) is 9.52. The first kappa shape index (κ1) is 13.1. The smallest absolute Gasteiger partial charge is 0.433 e. The van der Waals surface area contributed by atoms with Gasteiger partial charge in [0.05, 0.1) is 0 Å². The number of rotatable bonds is 3. The van der Waals surface area contributed by atoms with Crippen LogP contribution < -0.4 is 4.74 Å². The molecule has 0 unspecified atom stereocenters. The average Bonchev–Trinajstić information content (AvgIpc) is 2.38. The van der Waals surface area contributed by atoms with Crippen LogP contribution >= 0.6 is 0 Å². The Kier molecular flexibility index (Phi) is 3.50. The summed E-state index contributed by atoms with van der Waals surface area (Å²) in [6.45, 7) is 0. The molecule has 0 aliphatic carbocycles. The Morgan fingerprint density at radius 2 is 1.84 bits per heavy atom. The number of alkyl halides is 3. The second-order valence-electron chi connectivity index (χ2n) is 3.65. The summed E-state index contributed by atoms with van der Waals surface area (Å²) in [5.41, 5.74) is -0.666. The lowest BCUT2D eigenvalue weighted by atomic mass is 10.2. The molecule has 0 aliphatic rings. The van der Waals surface area contributed by atoms with Crippen molar-refractivity contribution in [1.82, 2.24) is 4.98 Å². The third-order valence-electron chi connectivity index (χ3n) is 2.23. The second-order valence-corrected chi connectivity index (χ2v) is 3.65. The van der Waals surface area contributed by atoms with Gasteiger partial charge in [0.15, 0.2) is 0 Å². The highest BCUT2D eigenvalue weighted by Gasteiger charge is 2.32. The third-order valence-corrected chi connectivity index (χ3v) is 2.23. The molecule has 0 atom stereocenters. The molecule has 0 amide bonds. The number of hydrogen-bond acceptors (Lipinski definition) is 3. The number of benzene rings is 1. The van der Waals surface area contributed by atoms with Crippen molar-refractivity contribution in [3.63, 3.8) is 0 Å². The number of carbonyl (C=O) groups excluding carboxylic acids is 1. The molecule has 0 saturated heterocycles. The number of ether oxygens (including phenoxy) is 1. The van der Waals surface area contributed by atoms with Crippen LogP contribution in [0, 0.1) is 0 Å². The van der Waals surface area contributed by atoms with E-state index < -0.39 is 11.9 Å². The fourth-order valence-electron chi connectivity index (χ4n) is 1.40. The Balaban J connectivity index is 2.25. The topological polar surface area (TPSA) is 39.2 Å². The van der Waals surface area contributed by atoms with Gasteiger partial charge in [0.1, 0.15) is 17.7 Å². The number of halogens is 3. The van der Waals surface area contributed by atoms with Crippen molar-refractivity contribution in [2.75, 3.05) is 0 Å². The Hall–Kier alpha value is -2.37. The SMILES string of the molecule is O=Cc1cccc(Oc2cccc(C(F)(F)F)n2)c1. The van der Waals surface area contributed by atoms with Crippen molar-refractivity contribution in [2.24, 2.45) is 0 Å². The van der Waals surface area contributed by atoms with E-state index in [2.05, 4.69) is 4.98 Å². The molecule has 0 radical (unpaired) electrons. The molecule has 1 aromatic heterocycles. The largest absolute Gasteiger partial charge is 0.439 e. The van der Waals surface area contributed by atoms with E-state index in [1.54, 1.807) is 12.1 Å². The van der Waals surface area contributed by atoms with E-state index in [1.807, 2.05) is 0 Å². The fraction of sp³-hybridized carbons (Fsp3) is 0.0769. The van der Waals surface area contributed by atoms with Gasteiger partial charge in [-0.1, -0.05) is 18.2 Å². The number of nitrogens with zero attached hydrogens (tertiary/aromatic N) is 1. The van der Waals surface area contributed by atoms with Crippen LogP contribution in [0.15, 0.2) is 42.5 Å². The van der Waals surface area contributed by atoms with Gasteiger partial charge in [-0.3, -0.25) is 4.79 Å². The highest BCUT2D eigenvalue weighted by atomic mass is 19.4. The van der Waals surface area contributed by atoms with Crippen LogP contribution in [0.25, 0.3) is 0 Å². The van der Waals surface area contributed by atoms with Crippen molar-refractivity contribution in [3.8, 4) is 11.6 Å². The van der Waals surface area contributed by atoms with Gasteiger partial charge in [-0.05, 0) is 18.2 Å². The maximum atomic E-state index is 12.5. The number of aldehydes is 1. The van der Waals surface area contributed by atoms with Crippen molar-refractivity contribution < 1.29 is 22.7 Å². The van der Waals surface area contributed by atoms with Crippen molar-refractivity contribution in [3.05, 3.63) is 53.7 Å². The van der Waals surface area contributed by atoms with Gasteiger partial charge in [-0.25, -0.2) is 4.98 Å². The number of pyridine rings is 1. The molecule has 19 heavy (non-hydrogen) atoms. The molecule has 0 fully saturated rings. The second kappa shape index (κ2) is 5.09. The molecular formula is C13H8F3NO2. The molecule has 3 nitrogen and oxygen atoms in total. The maximum Gasteiger partial charge on any atom is 0.433 e. The predicted molar refractivity (Wildman–Crippen MR) is 61.1 cm³/mol. The lowest BCUT2D eigenvalue weighted by molar-refractivity contribution is -0.141. The van der Waals surface area contributed by atoms with Gasteiger partial charge in [0.25, 0.3) is 0 Å². The van der Waals surface area contributed by atoms with Crippen LogP contribution in [-0.4, -0.2) is 11.3 Å². The van der Waals surface area contributed by atoms with Crippen molar-refractivity contribution >= 4 is 6.29 Å². The molecule has 2 rings (SSSR count). The monoisotopic (exact) mass is 267 g/mol.